The third-order valence-electron chi connectivity index (χ3n) is 3.19. The van der Waals surface area contributed by atoms with E-state index in [1.54, 1.807) is 11.8 Å². The predicted octanol–water partition coefficient (Wildman–Crippen LogP) is 3.97. The van der Waals surface area contributed by atoms with E-state index in [1.807, 2.05) is 24.3 Å². The maximum Gasteiger partial charge on any atom is 0.195 e. The summed E-state index contributed by atoms with van der Waals surface area (Å²) < 4.78 is 2.15. The molecule has 0 unspecified atom stereocenters. The number of para-hydroxylation sites is 1. The van der Waals surface area contributed by atoms with Crippen molar-refractivity contribution < 1.29 is 0 Å². The van der Waals surface area contributed by atoms with Crippen molar-refractivity contribution in [2.24, 2.45) is 0 Å². The van der Waals surface area contributed by atoms with Crippen LogP contribution < -0.4 is 0 Å². The summed E-state index contributed by atoms with van der Waals surface area (Å²) in [7, 11) is 0. The summed E-state index contributed by atoms with van der Waals surface area (Å²) in [5.74, 6) is 1.96. The zero-order chi connectivity index (χ0) is 14.5. The summed E-state index contributed by atoms with van der Waals surface area (Å²) in [5, 5.41) is 9.71. The quantitative estimate of drug-likeness (QED) is 0.667. The molecular formula is C17H17N3S. The molecule has 1 aromatic heterocycles. The van der Waals surface area contributed by atoms with E-state index in [-0.39, 0.29) is 0 Å². The van der Waals surface area contributed by atoms with Crippen LogP contribution in [0.5, 0.6) is 0 Å². The fourth-order valence-electron chi connectivity index (χ4n) is 2.25. The Morgan fingerprint density at radius 2 is 1.57 bits per heavy atom. The van der Waals surface area contributed by atoms with Crippen molar-refractivity contribution in [2.45, 2.75) is 18.5 Å². The van der Waals surface area contributed by atoms with Gasteiger partial charge in [0.2, 0.25) is 0 Å². The van der Waals surface area contributed by atoms with Crippen LogP contribution in [0.2, 0.25) is 0 Å². The second-order valence-corrected chi connectivity index (χ2v) is 5.90. The predicted molar refractivity (Wildman–Crippen MR) is 87.0 cm³/mol. The van der Waals surface area contributed by atoms with Gasteiger partial charge in [-0.3, -0.25) is 4.57 Å². The number of hydrogen-bond donors (Lipinski definition) is 0. The van der Waals surface area contributed by atoms with Crippen LogP contribution in [0.4, 0.5) is 0 Å². The topological polar surface area (TPSA) is 30.7 Å². The molecule has 106 valence electrons. The Morgan fingerprint density at radius 1 is 0.905 bits per heavy atom. The van der Waals surface area contributed by atoms with Gasteiger partial charge in [-0.05, 0) is 23.4 Å². The Labute approximate surface area is 129 Å². The van der Waals surface area contributed by atoms with Crippen molar-refractivity contribution in [3.8, 4) is 5.69 Å². The van der Waals surface area contributed by atoms with E-state index >= 15 is 0 Å². The standard InChI is InChI=1S/C17H17N3S/c1-2-21-17-19-18-16(13-14-9-5-3-6-10-14)20(17)15-11-7-4-8-12-15/h3-12H,2,13H2,1H3. The van der Waals surface area contributed by atoms with Gasteiger partial charge in [0, 0.05) is 12.1 Å². The largest absolute Gasteiger partial charge is 0.274 e. The lowest BCUT2D eigenvalue weighted by molar-refractivity contribution is 0.848. The first-order valence-electron chi connectivity index (χ1n) is 7.05. The van der Waals surface area contributed by atoms with Crippen LogP contribution in [-0.2, 0) is 6.42 Å². The molecule has 0 aliphatic rings. The molecule has 1 heterocycles. The van der Waals surface area contributed by atoms with Gasteiger partial charge in [-0.1, -0.05) is 67.2 Å². The minimum Gasteiger partial charge on any atom is -0.274 e. The number of thioether (sulfide) groups is 1. The van der Waals surface area contributed by atoms with Crippen molar-refractivity contribution in [3.05, 3.63) is 72.1 Å². The van der Waals surface area contributed by atoms with E-state index in [0.29, 0.717) is 0 Å². The summed E-state index contributed by atoms with van der Waals surface area (Å²) >= 11 is 1.72. The van der Waals surface area contributed by atoms with E-state index < -0.39 is 0 Å². The molecule has 0 aliphatic carbocycles. The molecule has 0 saturated heterocycles. The van der Waals surface area contributed by atoms with Gasteiger partial charge in [0.05, 0.1) is 0 Å². The Bertz CT molecular complexity index is 693. The van der Waals surface area contributed by atoms with Crippen LogP contribution in [0.3, 0.4) is 0 Å². The Hall–Kier alpha value is -2.07. The number of aromatic nitrogens is 3. The summed E-state index contributed by atoms with van der Waals surface area (Å²) in [6.45, 7) is 2.13. The lowest BCUT2D eigenvalue weighted by Crippen LogP contribution is -2.03. The Kier molecular flexibility index (Phi) is 4.36. The first-order valence-corrected chi connectivity index (χ1v) is 8.03. The molecule has 0 bridgehead atoms. The molecule has 2 aromatic carbocycles. The van der Waals surface area contributed by atoms with Gasteiger partial charge >= 0.3 is 0 Å². The summed E-state index contributed by atoms with van der Waals surface area (Å²) in [6, 6.07) is 20.7. The Morgan fingerprint density at radius 3 is 2.24 bits per heavy atom. The van der Waals surface area contributed by atoms with Crippen molar-refractivity contribution in [1.29, 1.82) is 0 Å². The third kappa shape index (κ3) is 3.16. The highest BCUT2D eigenvalue weighted by Crippen LogP contribution is 2.23. The highest BCUT2D eigenvalue weighted by Gasteiger charge is 2.13. The van der Waals surface area contributed by atoms with Gasteiger partial charge in [0.1, 0.15) is 5.82 Å². The molecule has 3 aromatic rings. The number of hydrogen-bond acceptors (Lipinski definition) is 3. The van der Waals surface area contributed by atoms with Gasteiger partial charge in [-0.25, -0.2) is 0 Å². The van der Waals surface area contributed by atoms with E-state index in [4.69, 9.17) is 0 Å². The zero-order valence-electron chi connectivity index (χ0n) is 11.9. The molecule has 0 amide bonds. The second-order valence-electron chi connectivity index (χ2n) is 4.67. The van der Waals surface area contributed by atoms with Crippen LogP contribution in [0, 0.1) is 0 Å². The molecule has 0 aliphatic heterocycles. The summed E-state index contributed by atoms with van der Waals surface area (Å²) in [5.41, 5.74) is 2.36. The molecule has 4 heteroatoms. The van der Waals surface area contributed by atoms with Crippen LogP contribution in [0.15, 0.2) is 65.8 Å². The van der Waals surface area contributed by atoms with Gasteiger partial charge < -0.3 is 0 Å². The molecule has 0 saturated carbocycles. The maximum absolute atomic E-state index is 4.40. The van der Waals surface area contributed by atoms with Crippen LogP contribution >= 0.6 is 11.8 Å². The van der Waals surface area contributed by atoms with Gasteiger partial charge in [-0.2, -0.15) is 0 Å². The lowest BCUT2D eigenvalue weighted by Gasteiger charge is -2.09. The molecule has 0 spiro atoms. The molecule has 3 rings (SSSR count). The van der Waals surface area contributed by atoms with E-state index in [1.165, 1.54) is 5.56 Å². The molecule has 0 atom stereocenters. The van der Waals surface area contributed by atoms with Crippen LogP contribution in [0.1, 0.15) is 18.3 Å². The van der Waals surface area contributed by atoms with Gasteiger partial charge in [0.25, 0.3) is 0 Å². The first kappa shape index (κ1) is 13.9. The minimum absolute atomic E-state index is 0.785. The minimum atomic E-state index is 0.785. The van der Waals surface area contributed by atoms with Crippen molar-refractivity contribution in [2.75, 3.05) is 5.75 Å². The maximum atomic E-state index is 4.40. The van der Waals surface area contributed by atoms with E-state index in [0.717, 1.165) is 28.8 Å². The van der Waals surface area contributed by atoms with Crippen molar-refractivity contribution >= 4 is 11.8 Å². The third-order valence-corrected chi connectivity index (χ3v) is 4.00. The summed E-state index contributed by atoms with van der Waals surface area (Å²) in [6.07, 6.45) is 0.785. The van der Waals surface area contributed by atoms with Gasteiger partial charge in [-0.15, -0.1) is 10.2 Å². The fourth-order valence-corrected chi connectivity index (χ4v) is 2.95. The average Bonchev–Trinajstić information content (AvgIpc) is 2.92. The molecule has 0 fully saturated rings. The van der Waals surface area contributed by atoms with Crippen molar-refractivity contribution in [1.82, 2.24) is 14.8 Å². The fraction of sp³-hybridized carbons (Fsp3) is 0.176. The van der Waals surface area contributed by atoms with Crippen molar-refractivity contribution in [3.63, 3.8) is 0 Å². The van der Waals surface area contributed by atoms with Gasteiger partial charge in [0.15, 0.2) is 5.16 Å². The Balaban J connectivity index is 2.01. The molecular weight excluding hydrogens is 278 g/mol. The molecule has 0 N–H and O–H groups in total. The lowest BCUT2D eigenvalue weighted by atomic mass is 10.1. The number of benzene rings is 2. The smallest absolute Gasteiger partial charge is 0.195 e. The number of rotatable bonds is 5. The van der Waals surface area contributed by atoms with Crippen LogP contribution in [-0.4, -0.2) is 20.5 Å². The number of nitrogens with zero attached hydrogens (tertiary/aromatic N) is 3. The second kappa shape index (κ2) is 6.59. The summed E-state index contributed by atoms with van der Waals surface area (Å²) in [4.78, 5) is 0. The highest BCUT2D eigenvalue weighted by atomic mass is 32.2. The normalized spacial score (nSPS) is 10.7. The SMILES string of the molecule is CCSc1nnc(Cc2ccccc2)n1-c1ccccc1. The highest BCUT2D eigenvalue weighted by molar-refractivity contribution is 7.99. The molecule has 21 heavy (non-hydrogen) atoms. The molecule has 3 nitrogen and oxygen atoms in total. The van der Waals surface area contributed by atoms with Crippen LogP contribution in [0.25, 0.3) is 5.69 Å². The zero-order valence-corrected chi connectivity index (χ0v) is 12.8. The van der Waals surface area contributed by atoms with E-state index in [9.17, 15) is 0 Å². The van der Waals surface area contributed by atoms with E-state index in [2.05, 4.69) is 58.1 Å². The monoisotopic (exact) mass is 295 g/mol. The average molecular weight is 295 g/mol. The molecule has 0 radical (unpaired) electrons. The first-order chi connectivity index (χ1) is 10.4.